The quantitative estimate of drug-likeness (QED) is 0.635. The molecule has 2 N–H and O–H groups in total. The van der Waals surface area contributed by atoms with Crippen molar-refractivity contribution in [3.63, 3.8) is 0 Å². The van der Waals surface area contributed by atoms with Crippen molar-refractivity contribution in [2.45, 2.75) is 0 Å². The maximum atomic E-state index is 12.7. The minimum atomic E-state index is -0.456. The van der Waals surface area contributed by atoms with Crippen LogP contribution in [0.3, 0.4) is 0 Å². The molecule has 9 nitrogen and oxygen atoms in total. The number of nitrogens with one attached hydrogen (secondary N) is 2. The molecule has 10 heteroatoms. The molecule has 170 valence electrons. The van der Waals surface area contributed by atoms with Crippen molar-refractivity contribution in [2.24, 2.45) is 0 Å². The summed E-state index contributed by atoms with van der Waals surface area (Å²) in [5, 5.41) is 5.63. The smallest absolute Gasteiger partial charge is 0.257 e. The zero-order valence-electron chi connectivity index (χ0n) is 18.1. The minimum absolute atomic E-state index is 0.0793. The molecule has 1 saturated heterocycles. The average molecular weight is 460 g/mol. The molecule has 0 atom stereocenters. The number of rotatable bonds is 6. The first kappa shape index (κ1) is 23.3. The Hall–Kier alpha value is -3.37. The van der Waals surface area contributed by atoms with E-state index in [0.717, 1.165) is 0 Å². The van der Waals surface area contributed by atoms with E-state index in [4.69, 9.17) is 31.2 Å². The van der Waals surface area contributed by atoms with Crippen LogP contribution >= 0.6 is 12.2 Å². The second-order valence-corrected chi connectivity index (χ2v) is 7.22. The molecule has 2 aromatic rings. The molecule has 0 spiro atoms. The number of benzene rings is 2. The lowest BCUT2D eigenvalue weighted by atomic mass is 10.1. The summed E-state index contributed by atoms with van der Waals surface area (Å²) >= 11 is 5.28. The second kappa shape index (κ2) is 10.8. The summed E-state index contributed by atoms with van der Waals surface area (Å²) in [7, 11) is 4.42. The largest absolute Gasteiger partial charge is 0.493 e. The van der Waals surface area contributed by atoms with Crippen LogP contribution in [-0.2, 0) is 4.74 Å². The number of nitrogens with zero attached hydrogens (tertiary/aromatic N) is 1. The molecule has 0 radical (unpaired) electrons. The summed E-state index contributed by atoms with van der Waals surface area (Å²) in [4.78, 5) is 27.1. The van der Waals surface area contributed by atoms with E-state index in [1.165, 1.54) is 33.5 Å². The minimum Gasteiger partial charge on any atom is -0.493 e. The third-order valence-electron chi connectivity index (χ3n) is 4.82. The number of methoxy groups -OCH3 is 3. The Morgan fingerprint density at radius 3 is 2.22 bits per heavy atom. The van der Waals surface area contributed by atoms with Crippen molar-refractivity contribution in [3.8, 4) is 17.2 Å². The van der Waals surface area contributed by atoms with E-state index in [2.05, 4.69) is 10.6 Å². The van der Waals surface area contributed by atoms with Gasteiger partial charge in [0.1, 0.15) is 0 Å². The predicted octanol–water partition coefficient (Wildman–Crippen LogP) is 2.31. The van der Waals surface area contributed by atoms with Crippen LogP contribution in [0.25, 0.3) is 0 Å². The summed E-state index contributed by atoms with van der Waals surface area (Å²) in [6, 6.07) is 9.99. The van der Waals surface area contributed by atoms with Crippen molar-refractivity contribution < 1.29 is 28.5 Å². The molecule has 1 heterocycles. The summed E-state index contributed by atoms with van der Waals surface area (Å²) in [6.07, 6.45) is 0. The monoisotopic (exact) mass is 459 g/mol. The van der Waals surface area contributed by atoms with Crippen LogP contribution in [0.4, 0.5) is 5.69 Å². The first-order valence-corrected chi connectivity index (χ1v) is 10.3. The van der Waals surface area contributed by atoms with Crippen molar-refractivity contribution in [3.05, 3.63) is 47.5 Å². The first-order chi connectivity index (χ1) is 15.5. The zero-order chi connectivity index (χ0) is 23.1. The average Bonchev–Trinajstić information content (AvgIpc) is 2.83. The highest BCUT2D eigenvalue weighted by Gasteiger charge is 2.20. The summed E-state index contributed by atoms with van der Waals surface area (Å²) in [6.45, 7) is 2.17. The van der Waals surface area contributed by atoms with Crippen molar-refractivity contribution >= 4 is 34.8 Å². The Balaban J connectivity index is 1.68. The van der Waals surface area contributed by atoms with E-state index in [-0.39, 0.29) is 16.6 Å². The highest BCUT2D eigenvalue weighted by atomic mass is 32.1. The Labute approximate surface area is 191 Å². The first-order valence-electron chi connectivity index (χ1n) is 9.86. The molecule has 32 heavy (non-hydrogen) atoms. The number of ether oxygens (including phenoxy) is 4. The van der Waals surface area contributed by atoms with Crippen LogP contribution in [0.5, 0.6) is 17.2 Å². The van der Waals surface area contributed by atoms with Gasteiger partial charge in [0.05, 0.1) is 34.5 Å². The number of carbonyl (C=O) groups is 2. The number of hydrogen-bond acceptors (Lipinski definition) is 7. The number of anilines is 1. The molecule has 2 amide bonds. The Morgan fingerprint density at radius 2 is 1.62 bits per heavy atom. The van der Waals surface area contributed by atoms with Gasteiger partial charge in [-0.05, 0) is 42.5 Å². The molecular formula is C22H25N3O6S. The van der Waals surface area contributed by atoms with Gasteiger partial charge in [-0.25, -0.2) is 0 Å². The topological polar surface area (TPSA) is 98.4 Å². The maximum Gasteiger partial charge on any atom is 0.257 e. The van der Waals surface area contributed by atoms with E-state index in [1.807, 2.05) is 0 Å². The Kier molecular flexibility index (Phi) is 7.85. The van der Waals surface area contributed by atoms with E-state index in [1.54, 1.807) is 29.2 Å². The molecule has 0 aliphatic carbocycles. The number of morpholine rings is 1. The van der Waals surface area contributed by atoms with Gasteiger partial charge in [0.2, 0.25) is 5.75 Å². The fourth-order valence-electron chi connectivity index (χ4n) is 3.23. The van der Waals surface area contributed by atoms with Crippen LogP contribution in [0.1, 0.15) is 20.7 Å². The van der Waals surface area contributed by atoms with Gasteiger partial charge in [-0.3, -0.25) is 14.9 Å². The third-order valence-corrected chi connectivity index (χ3v) is 5.02. The predicted molar refractivity (Wildman–Crippen MR) is 123 cm³/mol. The Morgan fingerprint density at radius 1 is 0.969 bits per heavy atom. The highest BCUT2D eigenvalue weighted by Crippen LogP contribution is 2.38. The lowest BCUT2D eigenvalue weighted by Crippen LogP contribution is -2.40. The molecule has 3 rings (SSSR count). The Bertz CT molecular complexity index is 982. The standard InChI is InChI=1S/C22H25N3O6S/c1-28-17-12-15(13-18(29-2)19(17)30-3)20(26)24-22(32)23-16-6-4-5-14(11-16)21(27)25-7-9-31-10-8-25/h4-6,11-13H,7-10H2,1-3H3,(H2,23,24,26,32). The molecule has 0 unspecified atom stereocenters. The number of thiocarbonyl (C=S) groups is 1. The molecule has 1 aliphatic heterocycles. The fourth-order valence-corrected chi connectivity index (χ4v) is 3.44. The molecule has 0 aromatic heterocycles. The molecule has 0 saturated carbocycles. The van der Waals surface area contributed by atoms with Gasteiger partial charge in [-0.2, -0.15) is 0 Å². The van der Waals surface area contributed by atoms with Crippen molar-refractivity contribution in [1.29, 1.82) is 0 Å². The van der Waals surface area contributed by atoms with Gasteiger partial charge < -0.3 is 29.2 Å². The van der Waals surface area contributed by atoms with Gasteiger partial charge in [-0.1, -0.05) is 6.07 Å². The summed E-state index contributed by atoms with van der Waals surface area (Å²) in [5.41, 5.74) is 1.38. The fraction of sp³-hybridized carbons (Fsp3) is 0.318. The van der Waals surface area contributed by atoms with E-state index < -0.39 is 5.91 Å². The second-order valence-electron chi connectivity index (χ2n) is 6.81. The summed E-state index contributed by atoms with van der Waals surface area (Å²) in [5.74, 6) is 0.552. The van der Waals surface area contributed by atoms with Gasteiger partial charge in [0.25, 0.3) is 11.8 Å². The van der Waals surface area contributed by atoms with Crippen LogP contribution in [0, 0.1) is 0 Å². The summed E-state index contributed by atoms with van der Waals surface area (Å²) < 4.78 is 21.1. The molecular weight excluding hydrogens is 434 g/mol. The number of carbonyl (C=O) groups excluding carboxylic acids is 2. The normalized spacial score (nSPS) is 13.2. The number of hydrogen-bond donors (Lipinski definition) is 2. The van der Waals surface area contributed by atoms with Gasteiger partial charge in [0, 0.05) is 29.9 Å². The van der Waals surface area contributed by atoms with Crippen LogP contribution in [0.2, 0.25) is 0 Å². The van der Waals surface area contributed by atoms with Gasteiger partial charge >= 0.3 is 0 Å². The lowest BCUT2D eigenvalue weighted by molar-refractivity contribution is 0.0303. The maximum absolute atomic E-state index is 12.7. The zero-order valence-corrected chi connectivity index (χ0v) is 18.9. The van der Waals surface area contributed by atoms with Gasteiger partial charge in [-0.15, -0.1) is 0 Å². The van der Waals surface area contributed by atoms with E-state index >= 15 is 0 Å². The van der Waals surface area contributed by atoms with E-state index in [9.17, 15) is 9.59 Å². The van der Waals surface area contributed by atoms with E-state index in [0.29, 0.717) is 54.8 Å². The van der Waals surface area contributed by atoms with Crippen molar-refractivity contribution in [1.82, 2.24) is 10.2 Å². The molecule has 1 aliphatic rings. The van der Waals surface area contributed by atoms with Gasteiger partial charge in [0.15, 0.2) is 16.6 Å². The molecule has 0 bridgehead atoms. The highest BCUT2D eigenvalue weighted by molar-refractivity contribution is 7.80. The van der Waals surface area contributed by atoms with Crippen LogP contribution < -0.4 is 24.8 Å². The third kappa shape index (κ3) is 5.45. The molecule has 1 fully saturated rings. The van der Waals surface area contributed by atoms with Crippen molar-refractivity contribution in [2.75, 3.05) is 52.9 Å². The van der Waals surface area contributed by atoms with Crippen LogP contribution in [0.15, 0.2) is 36.4 Å². The SMILES string of the molecule is COc1cc(C(=O)NC(=S)Nc2cccc(C(=O)N3CCOCC3)c2)cc(OC)c1OC. The lowest BCUT2D eigenvalue weighted by Gasteiger charge is -2.27. The van der Waals surface area contributed by atoms with Crippen LogP contribution in [-0.4, -0.2) is 69.5 Å². The molecule has 2 aromatic carbocycles. The number of amides is 2.